The molecule has 17 heavy (non-hydrogen) atoms. The Labute approximate surface area is 106 Å². The van der Waals surface area contributed by atoms with Crippen molar-refractivity contribution in [2.45, 2.75) is 38.3 Å². The molecule has 1 unspecified atom stereocenters. The summed E-state index contributed by atoms with van der Waals surface area (Å²) in [5.74, 6) is 0. The summed E-state index contributed by atoms with van der Waals surface area (Å²) in [6.45, 7) is 3.73. The second-order valence-electron chi connectivity index (χ2n) is 4.52. The van der Waals surface area contributed by atoms with E-state index in [0.29, 0.717) is 25.8 Å². The van der Waals surface area contributed by atoms with Gasteiger partial charge in [-0.3, -0.25) is 0 Å². The maximum atomic E-state index is 9.64. The molecule has 0 aliphatic heterocycles. The van der Waals surface area contributed by atoms with Crippen LogP contribution < -0.4 is 5.32 Å². The van der Waals surface area contributed by atoms with Crippen LogP contribution in [0.15, 0.2) is 5.51 Å². The van der Waals surface area contributed by atoms with Crippen molar-refractivity contribution in [3.05, 3.63) is 16.1 Å². The second kappa shape index (κ2) is 6.44. The van der Waals surface area contributed by atoms with Crippen LogP contribution in [-0.4, -0.2) is 42.0 Å². The van der Waals surface area contributed by atoms with E-state index in [2.05, 4.69) is 10.3 Å². The fourth-order valence-electron chi connectivity index (χ4n) is 1.60. The topological polar surface area (TPSA) is 54.4 Å². The molecular formula is C12H20N2O2S. The predicted octanol–water partition coefficient (Wildman–Crippen LogP) is 1.12. The van der Waals surface area contributed by atoms with Gasteiger partial charge < -0.3 is 15.2 Å². The zero-order valence-corrected chi connectivity index (χ0v) is 11.0. The molecule has 0 amide bonds. The fourth-order valence-corrected chi connectivity index (χ4v) is 2.36. The molecule has 0 spiro atoms. The number of aliphatic hydroxyl groups is 1. The lowest BCUT2D eigenvalue weighted by molar-refractivity contribution is 0.0383. The summed E-state index contributed by atoms with van der Waals surface area (Å²) in [5, 5.41) is 12.9. The van der Waals surface area contributed by atoms with Gasteiger partial charge in [-0.1, -0.05) is 0 Å². The van der Waals surface area contributed by atoms with Crippen LogP contribution in [0, 0.1) is 6.92 Å². The molecule has 1 aliphatic carbocycles. The molecule has 1 fully saturated rings. The molecule has 0 bridgehead atoms. The summed E-state index contributed by atoms with van der Waals surface area (Å²) in [6, 6.07) is 0.643. The molecule has 0 radical (unpaired) electrons. The molecule has 1 atom stereocenters. The average molecular weight is 256 g/mol. The number of aromatic nitrogens is 1. The van der Waals surface area contributed by atoms with E-state index in [-0.39, 0.29) is 0 Å². The minimum absolute atomic E-state index is 0.391. The number of hydrogen-bond donors (Lipinski definition) is 2. The Hall–Kier alpha value is -0.490. The Bertz CT molecular complexity index is 339. The molecule has 2 N–H and O–H groups in total. The number of ether oxygens (including phenoxy) is 1. The van der Waals surface area contributed by atoms with Crippen molar-refractivity contribution in [2.75, 3.05) is 19.8 Å². The normalized spacial score (nSPS) is 17.3. The van der Waals surface area contributed by atoms with Crippen molar-refractivity contribution in [1.82, 2.24) is 10.3 Å². The van der Waals surface area contributed by atoms with Crippen LogP contribution in [0.5, 0.6) is 0 Å². The zero-order chi connectivity index (χ0) is 12.1. The Balaban J connectivity index is 1.51. The van der Waals surface area contributed by atoms with Gasteiger partial charge in [0.05, 0.1) is 30.5 Å². The molecule has 2 rings (SSSR count). The number of rotatable bonds is 8. The van der Waals surface area contributed by atoms with Gasteiger partial charge in [0.1, 0.15) is 0 Å². The highest BCUT2D eigenvalue weighted by Gasteiger charge is 2.21. The lowest BCUT2D eigenvalue weighted by Crippen LogP contribution is -2.31. The maximum absolute atomic E-state index is 9.64. The highest BCUT2D eigenvalue weighted by atomic mass is 32.1. The van der Waals surface area contributed by atoms with Crippen molar-refractivity contribution >= 4 is 11.3 Å². The third-order valence-corrected chi connectivity index (χ3v) is 3.84. The van der Waals surface area contributed by atoms with E-state index in [1.165, 1.54) is 17.7 Å². The van der Waals surface area contributed by atoms with Gasteiger partial charge in [-0.25, -0.2) is 4.98 Å². The van der Waals surface area contributed by atoms with Crippen molar-refractivity contribution in [2.24, 2.45) is 0 Å². The lowest BCUT2D eigenvalue weighted by Gasteiger charge is -2.11. The van der Waals surface area contributed by atoms with Gasteiger partial charge in [-0.15, -0.1) is 11.3 Å². The highest BCUT2D eigenvalue weighted by Crippen LogP contribution is 2.18. The molecule has 4 nitrogen and oxygen atoms in total. The fraction of sp³-hybridized carbons (Fsp3) is 0.750. The average Bonchev–Trinajstić information content (AvgIpc) is 3.06. The molecule has 96 valence electrons. The van der Waals surface area contributed by atoms with E-state index >= 15 is 0 Å². The summed E-state index contributed by atoms with van der Waals surface area (Å²) in [4.78, 5) is 5.46. The minimum Gasteiger partial charge on any atom is -0.389 e. The summed E-state index contributed by atoms with van der Waals surface area (Å²) < 4.78 is 5.47. The van der Waals surface area contributed by atoms with E-state index in [4.69, 9.17) is 4.74 Å². The molecule has 1 aromatic heterocycles. The summed E-state index contributed by atoms with van der Waals surface area (Å²) >= 11 is 1.66. The number of nitrogens with one attached hydrogen (secondary N) is 1. The molecule has 1 aromatic rings. The minimum atomic E-state index is -0.391. The number of thiazole rings is 1. The van der Waals surface area contributed by atoms with Crippen LogP contribution in [0.3, 0.4) is 0 Å². The molecule has 1 heterocycles. The van der Waals surface area contributed by atoms with Gasteiger partial charge in [0.2, 0.25) is 0 Å². The van der Waals surface area contributed by atoms with Gasteiger partial charge in [0.25, 0.3) is 0 Å². The monoisotopic (exact) mass is 256 g/mol. The Kier molecular flexibility index (Phi) is 4.91. The summed E-state index contributed by atoms with van der Waals surface area (Å²) in [5.41, 5.74) is 2.95. The molecular weight excluding hydrogens is 236 g/mol. The molecule has 5 heteroatoms. The van der Waals surface area contributed by atoms with Crippen LogP contribution >= 0.6 is 11.3 Å². The first kappa shape index (κ1) is 13.0. The van der Waals surface area contributed by atoms with E-state index in [1.54, 1.807) is 11.3 Å². The van der Waals surface area contributed by atoms with Crippen LogP contribution in [0.25, 0.3) is 0 Å². The molecule has 1 saturated carbocycles. The third-order valence-electron chi connectivity index (χ3n) is 2.85. The number of aliphatic hydroxyl groups excluding tert-OH is 1. The second-order valence-corrected chi connectivity index (χ2v) is 5.46. The summed E-state index contributed by atoms with van der Waals surface area (Å²) in [7, 11) is 0. The first-order valence-electron chi connectivity index (χ1n) is 6.14. The number of nitrogens with zero attached hydrogens (tertiary/aromatic N) is 1. The highest BCUT2D eigenvalue weighted by molar-refractivity contribution is 7.09. The van der Waals surface area contributed by atoms with Crippen LogP contribution in [0.1, 0.15) is 23.4 Å². The SMILES string of the molecule is Cc1ncsc1CCOCC(O)CNC1CC1. The van der Waals surface area contributed by atoms with Crippen molar-refractivity contribution in [1.29, 1.82) is 0 Å². The molecule has 0 saturated heterocycles. The van der Waals surface area contributed by atoms with Gasteiger partial charge in [-0.2, -0.15) is 0 Å². The van der Waals surface area contributed by atoms with Crippen molar-refractivity contribution in [3.8, 4) is 0 Å². The Morgan fingerprint density at radius 1 is 1.65 bits per heavy atom. The summed E-state index contributed by atoms with van der Waals surface area (Å²) in [6.07, 6.45) is 2.99. The first-order chi connectivity index (χ1) is 8.25. The van der Waals surface area contributed by atoms with Crippen LogP contribution in [0.4, 0.5) is 0 Å². The van der Waals surface area contributed by atoms with Crippen LogP contribution in [0.2, 0.25) is 0 Å². The van der Waals surface area contributed by atoms with Gasteiger partial charge >= 0.3 is 0 Å². The number of hydrogen-bond acceptors (Lipinski definition) is 5. The van der Waals surface area contributed by atoms with E-state index in [9.17, 15) is 5.11 Å². The Morgan fingerprint density at radius 3 is 3.12 bits per heavy atom. The zero-order valence-electron chi connectivity index (χ0n) is 10.2. The van der Waals surface area contributed by atoms with Gasteiger partial charge in [-0.05, 0) is 19.8 Å². The van der Waals surface area contributed by atoms with E-state index in [1.807, 2.05) is 12.4 Å². The predicted molar refractivity (Wildman–Crippen MR) is 68.4 cm³/mol. The standard InChI is InChI=1S/C12H20N2O2S/c1-9-12(17-8-14-9)4-5-16-7-11(15)6-13-10-2-3-10/h8,10-11,13,15H,2-7H2,1H3. The first-order valence-corrected chi connectivity index (χ1v) is 7.02. The smallest absolute Gasteiger partial charge is 0.0897 e. The molecule has 1 aliphatic rings. The molecule has 0 aromatic carbocycles. The number of aryl methyl sites for hydroxylation is 1. The maximum Gasteiger partial charge on any atom is 0.0897 e. The van der Waals surface area contributed by atoms with Gasteiger partial charge in [0.15, 0.2) is 0 Å². The Morgan fingerprint density at radius 2 is 2.47 bits per heavy atom. The van der Waals surface area contributed by atoms with Crippen LogP contribution in [-0.2, 0) is 11.2 Å². The van der Waals surface area contributed by atoms with Crippen molar-refractivity contribution < 1.29 is 9.84 Å². The van der Waals surface area contributed by atoms with Crippen molar-refractivity contribution in [3.63, 3.8) is 0 Å². The largest absolute Gasteiger partial charge is 0.389 e. The third kappa shape index (κ3) is 4.71. The van der Waals surface area contributed by atoms with E-state index in [0.717, 1.165) is 12.1 Å². The lowest BCUT2D eigenvalue weighted by atomic mass is 10.3. The van der Waals surface area contributed by atoms with Gasteiger partial charge in [0, 0.05) is 23.9 Å². The quantitative estimate of drug-likeness (QED) is 0.685. The van der Waals surface area contributed by atoms with E-state index < -0.39 is 6.10 Å².